The molecule has 3 rings (SSSR count). The Labute approximate surface area is 142 Å². The molecule has 1 aromatic carbocycles. The molecule has 0 spiro atoms. The Morgan fingerprint density at radius 1 is 1.42 bits per heavy atom. The van der Waals surface area contributed by atoms with Crippen LogP contribution in [0.4, 0.5) is 10.5 Å². The van der Waals surface area contributed by atoms with Crippen molar-refractivity contribution in [2.45, 2.75) is 45.6 Å². The van der Waals surface area contributed by atoms with Crippen LogP contribution in [-0.2, 0) is 16.0 Å². The number of hydrogen-bond donors (Lipinski definition) is 1. The fourth-order valence-corrected chi connectivity index (χ4v) is 3.26. The molecule has 24 heavy (non-hydrogen) atoms. The first-order chi connectivity index (χ1) is 11.5. The molecular formula is C19H24N2O3. The molecule has 1 aromatic rings. The maximum atomic E-state index is 12.2. The molecule has 1 aliphatic carbocycles. The summed E-state index contributed by atoms with van der Waals surface area (Å²) < 4.78 is 5.34. The normalized spacial score (nSPS) is 20.1. The Morgan fingerprint density at radius 2 is 2.25 bits per heavy atom. The van der Waals surface area contributed by atoms with Gasteiger partial charge in [0.25, 0.3) is 0 Å². The third-order valence-corrected chi connectivity index (χ3v) is 4.65. The second-order valence-electron chi connectivity index (χ2n) is 6.60. The predicted molar refractivity (Wildman–Crippen MR) is 93.1 cm³/mol. The molecule has 0 saturated carbocycles. The number of hydrogen-bond acceptors (Lipinski definition) is 3. The number of benzene rings is 1. The molecule has 1 saturated heterocycles. The molecule has 2 aliphatic rings. The number of ether oxygens (including phenoxy) is 1. The van der Waals surface area contributed by atoms with E-state index in [-0.39, 0.29) is 18.1 Å². The first-order valence-electron chi connectivity index (χ1n) is 8.53. The number of nitrogens with one attached hydrogen (secondary N) is 1. The Kier molecular flexibility index (Phi) is 4.88. The lowest BCUT2D eigenvalue weighted by Crippen LogP contribution is -2.33. The first kappa shape index (κ1) is 16.6. The second-order valence-corrected chi connectivity index (χ2v) is 6.60. The van der Waals surface area contributed by atoms with E-state index in [0.717, 1.165) is 12.1 Å². The maximum absolute atomic E-state index is 12.2. The van der Waals surface area contributed by atoms with E-state index in [1.807, 2.05) is 6.07 Å². The highest BCUT2D eigenvalue weighted by molar-refractivity contribution is 5.90. The number of carbonyl (C=O) groups excluding carboxylic acids is 2. The van der Waals surface area contributed by atoms with Crippen molar-refractivity contribution in [2.24, 2.45) is 0 Å². The number of carbonyl (C=O) groups is 2. The van der Waals surface area contributed by atoms with E-state index >= 15 is 0 Å². The summed E-state index contributed by atoms with van der Waals surface area (Å²) in [7, 11) is 0. The van der Waals surface area contributed by atoms with E-state index in [9.17, 15) is 9.59 Å². The number of amides is 2. The summed E-state index contributed by atoms with van der Waals surface area (Å²) in [4.78, 5) is 24.8. The summed E-state index contributed by atoms with van der Waals surface area (Å²) >= 11 is 0. The van der Waals surface area contributed by atoms with Gasteiger partial charge in [-0.3, -0.25) is 9.69 Å². The van der Waals surface area contributed by atoms with E-state index < -0.39 is 0 Å². The van der Waals surface area contributed by atoms with Crippen molar-refractivity contribution >= 4 is 17.7 Å². The molecule has 1 aliphatic heterocycles. The van der Waals surface area contributed by atoms with Crippen LogP contribution in [0, 0.1) is 6.92 Å². The lowest BCUT2D eigenvalue weighted by Gasteiger charge is -2.16. The molecular weight excluding hydrogens is 304 g/mol. The summed E-state index contributed by atoms with van der Waals surface area (Å²) in [6.45, 7) is 4.38. The van der Waals surface area contributed by atoms with Crippen molar-refractivity contribution in [1.29, 1.82) is 0 Å². The summed E-state index contributed by atoms with van der Waals surface area (Å²) in [5.74, 6) is -0.119. The number of cyclic esters (lactones) is 1. The standard InChI is InChI=1S/C19H24N2O3/c1-13-7-8-17(10-16(13)9-15-5-3-4-6-15)21-12-18(24-19(21)23)11-20-14(2)22/h5,7-8,10,18H,3-4,6,9,11-12H2,1-2H3,(H,20,22)/t18-/m0/s1. The van der Waals surface area contributed by atoms with Gasteiger partial charge in [-0.15, -0.1) is 0 Å². The molecule has 1 atom stereocenters. The third-order valence-electron chi connectivity index (χ3n) is 4.65. The van der Waals surface area contributed by atoms with E-state index in [2.05, 4.69) is 30.4 Å². The van der Waals surface area contributed by atoms with E-state index in [1.54, 1.807) is 4.90 Å². The average molecular weight is 328 g/mol. The van der Waals surface area contributed by atoms with Gasteiger partial charge in [-0.05, 0) is 55.9 Å². The van der Waals surface area contributed by atoms with E-state index in [0.29, 0.717) is 13.1 Å². The molecule has 0 bridgehead atoms. The molecule has 5 nitrogen and oxygen atoms in total. The van der Waals surface area contributed by atoms with Gasteiger partial charge in [0.15, 0.2) is 0 Å². The molecule has 0 aromatic heterocycles. The van der Waals surface area contributed by atoms with Crippen molar-refractivity contribution in [3.63, 3.8) is 0 Å². The predicted octanol–water partition coefficient (Wildman–Crippen LogP) is 3.11. The molecule has 0 radical (unpaired) electrons. The molecule has 0 unspecified atom stereocenters. The number of anilines is 1. The highest BCUT2D eigenvalue weighted by Gasteiger charge is 2.32. The van der Waals surface area contributed by atoms with Crippen LogP contribution in [-0.4, -0.2) is 31.2 Å². The van der Waals surface area contributed by atoms with Gasteiger partial charge in [0.05, 0.1) is 13.1 Å². The number of allylic oxidation sites excluding steroid dienone is 2. The SMILES string of the molecule is CC(=O)NC[C@H]1CN(c2ccc(C)c(CC3=CCCC3)c2)C(=O)O1. The van der Waals surface area contributed by atoms with Gasteiger partial charge in [0.1, 0.15) is 6.10 Å². The Balaban J connectivity index is 1.72. The minimum atomic E-state index is -0.347. The minimum absolute atomic E-state index is 0.119. The van der Waals surface area contributed by atoms with Crippen LogP contribution >= 0.6 is 0 Å². The van der Waals surface area contributed by atoms with Crippen LogP contribution < -0.4 is 10.2 Å². The third kappa shape index (κ3) is 3.78. The molecule has 2 amide bonds. The first-order valence-corrected chi connectivity index (χ1v) is 8.53. The minimum Gasteiger partial charge on any atom is -0.442 e. The Hall–Kier alpha value is -2.30. The zero-order valence-electron chi connectivity index (χ0n) is 14.3. The Morgan fingerprint density at radius 3 is 2.96 bits per heavy atom. The maximum Gasteiger partial charge on any atom is 0.414 e. The van der Waals surface area contributed by atoms with Crippen LogP contribution in [0.5, 0.6) is 0 Å². The zero-order valence-corrected chi connectivity index (χ0v) is 14.3. The Bertz CT molecular complexity index is 681. The monoisotopic (exact) mass is 328 g/mol. The highest BCUT2D eigenvalue weighted by atomic mass is 16.6. The molecule has 1 N–H and O–H groups in total. The quantitative estimate of drug-likeness (QED) is 0.845. The van der Waals surface area contributed by atoms with E-state index in [1.165, 1.54) is 42.9 Å². The summed E-state index contributed by atoms with van der Waals surface area (Å²) in [5, 5.41) is 2.70. The smallest absolute Gasteiger partial charge is 0.414 e. The van der Waals surface area contributed by atoms with Crippen LogP contribution in [0.1, 0.15) is 37.3 Å². The van der Waals surface area contributed by atoms with Gasteiger partial charge < -0.3 is 10.1 Å². The van der Waals surface area contributed by atoms with Crippen LogP contribution in [0.15, 0.2) is 29.8 Å². The zero-order chi connectivity index (χ0) is 17.1. The molecule has 1 fully saturated rings. The fraction of sp³-hybridized carbons (Fsp3) is 0.474. The summed E-state index contributed by atoms with van der Waals surface area (Å²) in [5.41, 5.74) is 4.86. The molecule has 5 heteroatoms. The van der Waals surface area contributed by atoms with Gasteiger partial charge in [0, 0.05) is 12.6 Å². The lowest BCUT2D eigenvalue weighted by molar-refractivity contribution is -0.119. The number of nitrogens with zero attached hydrogens (tertiary/aromatic N) is 1. The van der Waals surface area contributed by atoms with Gasteiger partial charge in [-0.1, -0.05) is 17.7 Å². The van der Waals surface area contributed by atoms with Gasteiger partial charge in [-0.25, -0.2) is 4.79 Å². The van der Waals surface area contributed by atoms with Crippen molar-refractivity contribution in [3.05, 3.63) is 41.0 Å². The van der Waals surface area contributed by atoms with Gasteiger partial charge in [-0.2, -0.15) is 0 Å². The van der Waals surface area contributed by atoms with Gasteiger partial charge >= 0.3 is 6.09 Å². The van der Waals surface area contributed by atoms with Crippen LogP contribution in [0.3, 0.4) is 0 Å². The van der Waals surface area contributed by atoms with Crippen LogP contribution in [0.2, 0.25) is 0 Å². The second kappa shape index (κ2) is 7.07. The fourth-order valence-electron chi connectivity index (χ4n) is 3.26. The average Bonchev–Trinajstić information content (AvgIpc) is 3.17. The topological polar surface area (TPSA) is 58.6 Å². The lowest BCUT2D eigenvalue weighted by atomic mass is 9.99. The van der Waals surface area contributed by atoms with Crippen molar-refractivity contribution in [1.82, 2.24) is 5.32 Å². The van der Waals surface area contributed by atoms with Crippen molar-refractivity contribution < 1.29 is 14.3 Å². The summed E-state index contributed by atoms with van der Waals surface area (Å²) in [6.07, 6.45) is 6.24. The van der Waals surface area contributed by atoms with Crippen LogP contribution in [0.25, 0.3) is 0 Å². The highest BCUT2D eigenvalue weighted by Crippen LogP contribution is 2.28. The largest absolute Gasteiger partial charge is 0.442 e. The number of aryl methyl sites for hydroxylation is 1. The van der Waals surface area contributed by atoms with Crippen molar-refractivity contribution in [3.8, 4) is 0 Å². The van der Waals surface area contributed by atoms with E-state index in [4.69, 9.17) is 4.74 Å². The van der Waals surface area contributed by atoms with Gasteiger partial charge in [0.2, 0.25) is 5.91 Å². The molecule has 1 heterocycles. The number of rotatable bonds is 5. The van der Waals surface area contributed by atoms with Crippen molar-refractivity contribution in [2.75, 3.05) is 18.0 Å². The molecule has 128 valence electrons. The summed E-state index contributed by atoms with van der Waals surface area (Å²) in [6, 6.07) is 6.12.